The fraction of sp³-hybridized carbons (Fsp3) is 0.350. The van der Waals surface area contributed by atoms with Crippen LogP contribution in [0.25, 0.3) is 11.3 Å². The summed E-state index contributed by atoms with van der Waals surface area (Å²) in [5.41, 5.74) is 1.15. The number of carbonyl (C=O) groups excluding carboxylic acids is 1. The molecule has 1 amide bonds. The Balaban J connectivity index is 1.14. The Morgan fingerprint density at radius 3 is 2.55 bits per heavy atom. The van der Waals surface area contributed by atoms with E-state index < -0.39 is 0 Å². The molecule has 0 unspecified atom stereocenters. The van der Waals surface area contributed by atoms with Gasteiger partial charge in [0.2, 0.25) is 5.95 Å². The number of likely N-dealkylation sites (tertiary alicyclic amines) is 1. The highest BCUT2D eigenvalue weighted by molar-refractivity contribution is 5.93. The van der Waals surface area contributed by atoms with Crippen LogP contribution in [0.2, 0.25) is 0 Å². The van der Waals surface area contributed by atoms with E-state index in [9.17, 15) is 4.79 Å². The number of carbonyl (C=O) groups is 1. The van der Waals surface area contributed by atoms with E-state index in [4.69, 9.17) is 4.52 Å². The molecular weight excluding hydrogens is 370 g/mol. The summed E-state index contributed by atoms with van der Waals surface area (Å²) < 4.78 is 5.32. The average Bonchev–Trinajstić information content (AvgIpc) is 3.25. The molecule has 2 aliphatic rings. The highest BCUT2D eigenvalue weighted by Crippen LogP contribution is 2.23. The zero-order valence-electron chi connectivity index (χ0n) is 15.9. The Labute approximate surface area is 168 Å². The third-order valence-corrected chi connectivity index (χ3v) is 5.49. The minimum Gasteiger partial charge on any atom is -0.355 e. The number of aromatic nitrogens is 4. The van der Waals surface area contributed by atoms with Crippen molar-refractivity contribution >= 4 is 11.9 Å². The smallest absolute Gasteiger partial charge is 0.276 e. The van der Waals surface area contributed by atoms with Gasteiger partial charge in [0.15, 0.2) is 11.5 Å². The van der Waals surface area contributed by atoms with Gasteiger partial charge in [-0.1, -0.05) is 5.16 Å². The van der Waals surface area contributed by atoms with Crippen LogP contribution in [0.3, 0.4) is 0 Å². The number of amides is 1. The summed E-state index contributed by atoms with van der Waals surface area (Å²) in [4.78, 5) is 31.9. The summed E-state index contributed by atoms with van der Waals surface area (Å²) in [5.74, 6) is 1.25. The predicted molar refractivity (Wildman–Crippen MR) is 105 cm³/mol. The van der Waals surface area contributed by atoms with Crippen molar-refractivity contribution in [2.24, 2.45) is 0 Å². The lowest BCUT2D eigenvalue weighted by atomic mass is 10.1. The van der Waals surface area contributed by atoms with Crippen LogP contribution in [0, 0.1) is 0 Å². The van der Waals surface area contributed by atoms with Crippen molar-refractivity contribution in [1.82, 2.24) is 29.9 Å². The van der Waals surface area contributed by atoms with E-state index in [-0.39, 0.29) is 5.91 Å². The number of anilines is 1. The van der Waals surface area contributed by atoms with Crippen molar-refractivity contribution in [3.05, 3.63) is 54.7 Å². The summed E-state index contributed by atoms with van der Waals surface area (Å²) in [6.45, 7) is 5.12. The molecule has 9 heteroatoms. The lowest BCUT2D eigenvalue weighted by Crippen LogP contribution is -2.64. The van der Waals surface area contributed by atoms with Crippen molar-refractivity contribution in [2.45, 2.75) is 6.04 Å². The minimum absolute atomic E-state index is 0.0866. The SMILES string of the molecule is O=C(c1cc(-c2cccnc2)on1)N1CC(N2CCN(c3ncccn3)CC2)C1. The highest BCUT2D eigenvalue weighted by atomic mass is 16.5. The average molecular weight is 391 g/mol. The molecule has 148 valence electrons. The Hall–Kier alpha value is -3.33. The number of hydrogen-bond acceptors (Lipinski definition) is 8. The first-order valence-electron chi connectivity index (χ1n) is 9.70. The third-order valence-electron chi connectivity index (χ3n) is 5.49. The summed E-state index contributed by atoms with van der Waals surface area (Å²) in [5, 5.41) is 3.95. The lowest BCUT2D eigenvalue weighted by Gasteiger charge is -2.47. The number of piperazine rings is 1. The van der Waals surface area contributed by atoms with E-state index in [1.807, 2.05) is 23.1 Å². The summed E-state index contributed by atoms with van der Waals surface area (Å²) in [7, 11) is 0. The van der Waals surface area contributed by atoms with Crippen molar-refractivity contribution in [2.75, 3.05) is 44.2 Å². The molecule has 0 N–H and O–H groups in total. The zero-order valence-corrected chi connectivity index (χ0v) is 15.9. The van der Waals surface area contributed by atoms with E-state index >= 15 is 0 Å². The second-order valence-electron chi connectivity index (χ2n) is 7.25. The van der Waals surface area contributed by atoms with Gasteiger partial charge >= 0.3 is 0 Å². The fourth-order valence-corrected chi connectivity index (χ4v) is 3.78. The van der Waals surface area contributed by atoms with Crippen molar-refractivity contribution < 1.29 is 9.32 Å². The molecule has 0 bridgehead atoms. The summed E-state index contributed by atoms with van der Waals surface area (Å²) in [6, 6.07) is 7.60. The molecule has 5 heterocycles. The van der Waals surface area contributed by atoms with E-state index in [0.29, 0.717) is 17.5 Å². The molecule has 29 heavy (non-hydrogen) atoms. The van der Waals surface area contributed by atoms with Gasteiger partial charge in [-0.05, 0) is 18.2 Å². The molecule has 0 aliphatic carbocycles. The molecule has 2 fully saturated rings. The second kappa shape index (κ2) is 7.59. The van der Waals surface area contributed by atoms with Crippen LogP contribution < -0.4 is 4.90 Å². The monoisotopic (exact) mass is 391 g/mol. The Kier molecular flexibility index (Phi) is 4.65. The molecule has 0 spiro atoms. The third kappa shape index (κ3) is 3.56. The Morgan fingerprint density at radius 1 is 1.03 bits per heavy atom. The van der Waals surface area contributed by atoms with Crippen LogP contribution in [0.15, 0.2) is 53.6 Å². The summed E-state index contributed by atoms with van der Waals surface area (Å²) >= 11 is 0. The molecule has 0 saturated carbocycles. The van der Waals surface area contributed by atoms with Gasteiger partial charge in [-0.3, -0.25) is 14.7 Å². The molecule has 9 nitrogen and oxygen atoms in total. The maximum atomic E-state index is 12.7. The largest absolute Gasteiger partial charge is 0.355 e. The fourth-order valence-electron chi connectivity index (χ4n) is 3.78. The maximum absolute atomic E-state index is 12.7. The van der Waals surface area contributed by atoms with E-state index in [2.05, 4.69) is 29.9 Å². The van der Waals surface area contributed by atoms with Gasteiger partial charge in [-0.15, -0.1) is 0 Å². The minimum atomic E-state index is -0.0866. The van der Waals surface area contributed by atoms with Crippen LogP contribution >= 0.6 is 0 Å². The van der Waals surface area contributed by atoms with Crippen LogP contribution in [0.5, 0.6) is 0 Å². The lowest BCUT2D eigenvalue weighted by molar-refractivity contribution is 0.0238. The molecule has 2 aliphatic heterocycles. The molecule has 0 radical (unpaired) electrons. The van der Waals surface area contributed by atoms with E-state index in [1.165, 1.54) is 0 Å². The van der Waals surface area contributed by atoms with E-state index in [0.717, 1.165) is 50.8 Å². The number of nitrogens with zero attached hydrogens (tertiary/aromatic N) is 7. The first-order chi connectivity index (χ1) is 14.3. The number of pyridine rings is 1. The van der Waals surface area contributed by atoms with Crippen molar-refractivity contribution in [3.63, 3.8) is 0 Å². The maximum Gasteiger partial charge on any atom is 0.276 e. The van der Waals surface area contributed by atoms with Crippen LogP contribution in [0.4, 0.5) is 5.95 Å². The van der Waals surface area contributed by atoms with Gasteiger partial charge in [0.25, 0.3) is 5.91 Å². The standard InChI is InChI=1S/C20H21N7O2/c28-19(17-11-18(29-24-17)15-3-1-4-21-12-15)27-13-16(14-27)25-7-9-26(10-8-25)20-22-5-2-6-23-20/h1-6,11-12,16H,7-10,13-14H2. The van der Waals surface area contributed by atoms with Gasteiger partial charge < -0.3 is 14.3 Å². The molecular formula is C20H21N7O2. The van der Waals surface area contributed by atoms with Crippen LogP contribution in [-0.4, -0.2) is 81.1 Å². The van der Waals surface area contributed by atoms with E-state index in [1.54, 1.807) is 30.9 Å². The van der Waals surface area contributed by atoms with Crippen molar-refractivity contribution in [3.8, 4) is 11.3 Å². The van der Waals surface area contributed by atoms with Gasteiger partial charge in [0.1, 0.15) is 0 Å². The number of rotatable bonds is 4. The van der Waals surface area contributed by atoms with Gasteiger partial charge in [-0.25, -0.2) is 9.97 Å². The zero-order chi connectivity index (χ0) is 19.6. The highest BCUT2D eigenvalue weighted by Gasteiger charge is 2.37. The number of hydrogen-bond donors (Lipinski definition) is 0. The topological polar surface area (TPSA) is 91.5 Å². The molecule has 0 aromatic carbocycles. The van der Waals surface area contributed by atoms with Gasteiger partial charge in [-0.2, -0.15) is 0 Å². The first kappa shape index (κ1) is 17.7. The summed E-state index contributed by atoms with van der Waals surface area (Å²) in [6.07, 6.45) is 6.93. The molecule has 3 aromatic heterocycles. The molecule has 0 atom stereocenters. The molecule has 2 saturated heterocycles. The quantitative estimate of drug-likeness (QED) is 0.655. The molecule has 5 rings (SSSR count). The first-order valence-corrected chi connectivity index (χ1v) is 9.70. The Bertz CT molecular complexity index is 965. The Morgan fingerprint density at radius 2 is 1.83 bits per heavy atom. The van der Waals surface area contributed by atoms with Crippen LogP contribution in [0.1, 0.15) is 10.5 Å². The second-order valence-corrected chi connectivity index (χ2v) is 7.25. The predicted octanol–water partition coefficient (Wildman–Crippen LogP) is 1.17. The van der Waals surface area contributed by atoms with Crippen molar-refractivity contribution in [1.29, 1.82) is 0 Å². The van der Waals surface area contributed by atoms with Gasteiger partial charge in [0.05, 0.1) is 0 Å². The van der Waals surface area contributed by atoms with Gasteiger partial charge in [0, 0.05) is 81.7 Å². The normalized spacial score (nSPS) is 17.9. The molecule has 3 aromatic rings. The van der Waals surface area contributed by atoms with Crippen LogP contribution in [-0.2, 0) is 0 Å².